The first kappa shape index (κ1) is 19.2. The van der Waals surface area contributed by atoms with Crippen LogP contribution in [0, 0.1) is 11.8 Å². The molecule has 7 heteroatoms. The van der Waals surface area contributed by atoms with Crippen LogP contribution in [0.15, 0.2) is 12.2 Å². The third kappa shape index (κ3) is 3.72. The van der Waals surface area contributed by atoms with Gasteiger partial charge in [-0.15, -0.1) is 11.3 Å². The number of thiophene rings is 1. The highest BCUT2D eigenvalue weighted by molar-refractivity contribution is 7.17. The number of carbonyl (C=O) groups is 3. The van der Waals surface area contributed by atoms with Gasteiger partial charge in [0.2, 0.25) is 5.91 Å². The van der Waals surface area contributed by atoms with Gasteiger partial charge in [-0.3, -0.25) is 14.4 Å². The maximum Gasteiger partial charge on any atom is 0.307 e. The summed E-state index contributed by atoms with van der Waals surface area (Å²) in [6.07, 6.45) is 11.6. The molecule has 0 unspecified atom stereocenters. The molecule has 0 aliphatic heterocycles. The molecule has 6 nitrogen and oxygen atoms in total. The molecule has 0 radical (unpaired) electrons. The van der Waals surface area contributed by atoms with Crippen LogP contribution in [0.4, 0.5) is 5.00 Å². The zero-order valence-corrected chi connectivity index (χ0v) is 16.6. The lowest BCUT2D eigenvalue weighted by Gasteiger charge is -2.24. The highest BCUT2D eigenvalue weighted by Crippen LogP contribution is 2.40. The van der Waals surface area contributed by atoms with E-state index in [0.29, 0.717) is 23.4 Å². The van der Waals surface area contributed by atoms with Crippen LogP contribution in [0.5, 0.6) is 0 Å². The van der Waals surface area contributed by atoms with Gasteiger partial charge in [-0.2, -0.15) is 0 Å². The minimum absolute atomic E-state index is 0.0973. The Morgan fingerprint density at radius 2 is 1.71 bits per heavy atom. The molecule has 2 atom stereocenters. The first-order chi connectivity index (χ1) is 13.5. The van der Waals surface area contributed by atoms with Crippen molar-refractivity contribution < 1.29 is 19.5 Å². The van der Waals surface area contributed by atoms with E-state index in [-0.39, 0.29) is 17.9 Å². The number of hydrogen-bond acceptors (Lipinski definition) is 4. The Bertz CT molecular complexity index is 823. The van der Waals surface area contributed by atoms with Gasteiger partial charge >= 0.3 is 5.97 Å². The van der Waals surface area contributed by atoms with Crippen molar-refractivity contribution in [3.8, 4) is 0 Å². The number of anilines is 1. The van der Waals surface area contributed by atoms with Crippen LogP contribution in [-0.4, -0.2) is 28.9 Å². The third-order valence-electron chi connectivity index (χ3n) is 6.16. The molecule has 0 saturated heterocycles. The second kappa shape index (κ2) is 8.07. The number of aryl methyl sites for hydroxylation is 1. The number of carboxylic acid groups (broad SMARTS) is 1. The van der Waals surface area contributed by atoms with E-state index in [9.17, 15) is 19.5 Å². The number of carboxylic acids is 1. The molecule has 28 heavy (non-hydrogen) atoms. The van der Waals surface area contributed by atoms with Gasteiger partial charge in [0.15, 0.2) is 0 Å². The van der Waals surface area contributed by atoms with E-state index in [2.05, 4.69) is 10.6 Å². The molecule has 1 heterocycles. The van der Waals surface area contributed by atoms with E-state index in [0.717, 1.165) is 50.5 Å². The molecule has 0 aromatic carbocycles. The third-order valence-corrected chi connectivity index (χ3v) is 7.37. The molecule has 1 aromatic heterocycles. The van der Waals surface area contributed by atoms with Gasteiger partial charge in [-0.1, -0.05) is 25.0 Å². The summed E-state index contributed by atoms with van der Waals surface area (Å²) in [4.78, 5) is 38.6. The molecular weight excluding hydrogens is 376 g/mol. The maximum absolute atomic E-state index is 13.0. The average molecular weight is 403 g/mol. The fourth-order valence-corrected chi connectivity index (χ4v) is 5.93. The standard InChI is InChI=1S/C21H26N2O4S/c24-18(13-8-3-4-9-14(13)21(26)27)23-20-17(15-10-5-11-16(15)28-20)19(25)22-12-6-1-2-7-12/h3-4,12-14H,1-2,5-11H2,(H,22,25)(H,23,24)(H,26,27)/t13-,14+/m0/s1. The molecule has 1 fully saturated rings. The SMILES string of the molecule is O=C(NC1CCCC1)c1c(NC(=O)[C@H]2CC=CC[C@H]2C(=O)O)sc2c1CCC2. The zero-order valence-electron chi connectivity index (χ0n) is 15.8. The predicted molar refractivity (Wildman–Crippen MR) is 108 cm³/mol. The van der Waals surface area contributed by atoms with E-state index in [1.807, 2.05) is 12.2 Å². The van der Waals surface area contributed by atoms with Gasteiger partial charge in [0.1, 0.15) is 5.00 Å². The van der Waals surface area contributed by atoms with Crippen molar-refractivity contribution in [3.63, 3.8) is 0 Å². The van der Waals surface area contributed by atoms with Gasteiger partial charge in [-0.05, 0) is 50.5 Å². The van der Waals surface area contributed by atoms with Crippen LogP contribution in [-0.2, 0) is 22.4 Å². The number of nitrogens with one attached hydrogen (secondary N) is 2. The molecule has 1 saturated carbocycles. The summed E-state index contributed by atoms with van der Waals surface area (Å²) in [5, 5.41) is 16.1. The van der Waals surface area contributed by atoms with Crippen molar-refractivity contribution >= 4 is 34.1 Å². The highest BCUT2D eigenvalue weighted by atomic mass is 32.1. The summed E-state index contributed by atoms with van der Waals surface area (Å²) in [6, 6.07) is 0.216. The molecule has 150 valence electrons. The quantitative estimate of drug-likeness (QED) is 0.657. The van der Waals surface area contributed by atoms with Crippen molar-refractivity contribution in [1.82, 2.24) is 5.32 Å². The minimum atomic E-state index is -0.947. The van der Waals surface area contributed by atoms with Crippen LogP contribution >= 0.6 is 11.3 Å². The van der Waals surface area contributed by atoms with Crippen LogP contribution < -0.4 is 10.6 Å². The van der Waals surface area contributed by atoms with E-state index in [1.165, 1.54) is 16.2 Å². The Labute approximate surface area is 168 Å². The molecule has 2 amide bonds. The maximum atomic E-state index is 13.0. The highest BCUT2D eigenvalue weighted by Gasteiger charge is 2.36. The molecule has 0 bridgehead atoms. The number of aliphatic carboxylic acids is 1. The summed E-state index contributed by atoms with van der Waals surface area (Å²) >= 11 is 1.48. The van der Waals surface area contributed by atoms with Crippen LogP contribution in [0.2, 0.25) is 0 Å². The number of allylic oxidation sites excluding steroid dienone is 2. The Hall–Kier alpha value is -2.15. The van der Waals surface area contributed by atoms with Crippen molar-refractivity contribution in [3.05, 3.63) is 28.2 Å². The van der Waals surface area contributed by atoms with E-state index in [4.69, 9.17) is 0 Å². The van der Waals surface area contributed by atoms with E-state index >= 15 is 0 Å². The summed E-state index contributed by atoms with van der Waals surface area (Å²) < 4.78 is 0. The summed E-state index contributed by atoms with van der Waals surface area (Å²) in [5.41, 5.74) is 1.67. The molecule has 3 aliphatic rings. The summed E-state index contributed by atoms with van der Waals surface area (Å²) in [5.74, 6) is -2.67. The number of hydrogen-bond donors (Lipinski definition) is 3. The van der Waals surface area contributed by atoms with Gasteiger partial charge in [0, 0.05) is 10.9 Å². The van der Waals surface area contributed by atoms with Gasteiger partial charge < -0.3 is 15.7 Å². The number of carbonyl (C=O) groups excluding carboxylic acids is 2. The molecular formula is C21H26N2O4S. The number of fused-ring (bicyclic) bond motifs is 1. The fourth-order valence-electron chi connectivity index (χ4n) is 4.64. The van der Waals surface area contributed by atoms with Crippen molar-refractivity contribution in [1.29, 1.82) is 0 Å². The molecule has 3 N–H and O–H groups in total. The Kier molecular flexibility index (Phi) is 5.53. The van der Waals surface area contributed by atoms with Crippen LogP contribution in [0.1, 0.15) is 65.7 Å². The second-order valence-corrected chi connectivity index (χ2v) is 9.10. The summed E-state index contributed by atoms with van der Waals surface area (Å²) in [7, 11) is 0. The smallest absolute Gasteiger partial charge is 0.307 e. The first-order valence-electron chi connectivity index (χ1n) is 10.2. The number of rotatable bonds is 5. The van der Waals surface area contributed by atoms with Gasteiger partial charge in [0.25, 0.3) is 5.91 Å². The van der Waals surface area contributed by atoms with Crippen molar-refractivity contribution in [2.45, 2.75) is 63.8 Å². The zero-order chi connectivity index (χ0) is 19.7. The lowest BCUT2D eigenvalue weighted by molar-refractivity contribution is -0.146. The Morgan fingerprint density at radius 1 is 1.00 bits per heavy atom. The monoisotopic (exact) mass is 402 g/mol. The Balaban J connectivity index is 1.55. The van der Waals surface area contributed by atoms with Crippen molar-refractivity contribution in [2.24, 2.45) is 11.8 Å². The van der Waals surface area contributed by atoms with Crippen molar-refractivity contribution in [2.75, 3.05) is 5.32 Å². The topological polar surface area (TPSA) is 95.5 Å². The van der Waals surface area contributed by atoms with E-state index in [1.54, 1.807) is 0 Å². The average Bonchev–Trinajstić information content (AvgIpc) is 3.39. The molecule has 1 aromatic rings. The van der Waals surface area contributed by atoms with E-state index < -0.39 is 17.8 Å². The van der Waals surface area contributed by atoms with Gasteiger partial charge in [0.05, 0.1) is 17.4 Å². The minimum Gasteiger partial charge on any atom is -0.481 e. The number of amides is 2. The summed E-state index contributed by atoms with van der Waals surface area (Å²) in [6.45, 7) is 0. The van der Waals surface area contributed by atoms with Crippen LogP contribution in [0.25, 0.3) is 0 Å². The lowest BCUT2D eigenvalue weighted by atomic mass is 9.82. The molecule has 4 rings (SSSR count). The molecule has 0 spiro atoms. The normalized spacial score (nSPS) is 24.1. The van der Waals surface area contributed by atoms with Gasteiger partial charge in [-0.25, -0.2) is 0 Å². The fraction of sp³-hybridized carbons (Fsp3) is 0.571. The second-order valence-electron chi connectivity index (χ2n) is 8.00. The Morgan fingerprint density at radius 3 is 2.43 bits per heavy atom. The van der Waals surface area contributed by atoms with Crippen LogP contribution in [0.3, 0.4) is 0 Å². The molecule has 3 aliphatic carbocycles. The predicted octanol–water partition coefficient (Wildman–Crippen LogP) is 3.51. The lowest BCUT2D eigenvalue weighted by Crippen LogP contribution is -2.36. The largest absolute Gasteiger partial charge is 0.481 e. The first-order valence-corrected chi connectivity index (χ1v) is 11.0.